The number of anilines is 3. The number of nitriles is 1. The van der Waals surface area contributed by atoms with Gasteiger partial charge in [-0.25, -0.2) is 14.4 Å². The lowest BCUT2D eigenvalue weighted by Crippen LogP contribution is -2.15. The summed E-state index contributed by atoms with van der Waals surface area (Å²) in [5.41, 5.74) is 2.05. The average Bonchev–Trinajstić information content (AvgIpc) is 2.69. The molecule has 0 radical (unpaired) electrons. The highest BCUT2D eigenvalue weighted by Crippen LogP contribution is 2.27. The van der Waals surface area contributed by atoms with E-state index < -0.39 is 11.7 Å². The van der Waals surface area contributed by atoms with Crippen LogP contribution in [0.1, 0.15) is 15.9 Å². The van der Waals surface area contributed by atoms with Gasteiger partial charge in [0, 0.05) is 18.3 Å². The molecular formula is C19H14FN5O. The van der Waals surface area contributed by atoms with Gasteiger partial charge in [0.25, 0.3) is 5.91 Å². The van der Waals surface area contributed by atoms with Crippen molar-refractivity contribution in [1.29, 1.82) is 5.26 Å². The molecule has 6 nitrogen and oxygen atoms in total. The van der Waals surface area contributed by atoms with Gasteiger partial charge in [-0.2, -0.15) is 5.26 Å². The zero-order chi connectivity index (χ0) is 18.5. The molecule has 0 spiro atoms. The van der Waals surface area contributed by atoms with Crippen molar-refractivity contribution >= 4 is 23.0 Å². The molecule has 1 aromatic heterocycles. The fourth-order valence-corrected chi connectivity index (χ4v) is 2.36. The second-order valence-corrected chi connectivity index (χ2v) is 5.47. The molecule has 7 heteroatoms. The number of amides is 1. The van der Waals surface area contributed by atoms with Crippen LogP contribution in [0.4, 0.5) is 21.5 Å². The molecule has 128 valence electrons. The van der Waals surface area contributed by atoms with E-state index in [2.05, 4.69) is 15.3 Å². The van der Waals surface area contributed by atoms with Crippen LogP contribution < -0.4 is 10.2 Å². The van der Waals surface area contributed by atoms with Gasteiger partial charge in [0.15, 0.2) is 0 Å². The zero-order valence-electron chi connectivity index (χ0n) is 13.8. The maximum atomic E-state index is 14.1. The Morgan fingerprint density at radius 3 is 2.65 bits per heavy atom. The van der Waals surface area contributed by atoms with Crippen molar-refractivity contribution in [1.82, 2.24) is 9.97 Å². The molecule has 1 amide bonds. The third-order valence-electron chi connectivity index (χ3n) is 3.77. The number of rotatable bonds is 4. The second kappa shape index (κ2) is 7.40. The van der Waals surface area contributed by atoms with E-state index in [9.17, 15) is 9.18 Å². The molecule has 3 aromatic rings. The van der Waals surface area contributed by atoms with Crippen LogP contribution in [0.5, 0.6) is 0 Å². The lowest BCUT2D eigenvalue weighted by molar-refractivity contribution is 0.102. The van der Waals surface area contributed by atoms with Gasteiger partial charge in [0.1, 0.15) is 12.1 Å². The highest BCUT2D eigenvalue weighted by atomic mass is 19.1. The van der Waals surface area contributed by atoms with Crippen molar-refractivity contribution in [3.8, 4) is 6.07 Å². The van der Waals surface area contributed by atoms with Crippen molar-refractivity contribution in [2.45, 2.75) is 0 Å². The van der Waals surface area contributed by atoms with Crippen LogP contribution >= 0.6 is 0 Å². The first-order valence-electron chi connectivity index (χ1n) is 7.68. The molecule has 0 saturated carbocycles. The van der Waals surface area contributed by atoms with Crippen molar-refractivity contribution in [3.05, 3.63) is 78.1 Å². The van der Waals surface area contributed by atoms with E-state index in [0.29, 0.717) is 11.3 Å². The van der Waals surface area contributed by atoms with Gasteiger partial charge >= 0.3 is 0 Å². The zero-order valence-corrected chi connectivity index (χ0v) is 13.8. The number of nitrogens with zero attached hydrogens (tertiary/aromatic N) is 4. The predicted molar refractivity (Wildman–Crippen MR) is 95.6 cm³/mol. The number of benzene rings is 2. The molecule has 0 aliphatic heterocycles. The van der Waals surface area contributed by atoms with Crippen LogP contribution in [-0.2, 0) is 0 Å². The summed E-state index contributed by atoms with van der Waals surface area (Å²) < 4.78 is 14.1. The molecule has 0 bridgehead atoms. The summed E-state index contributed by atoms with van der Waals surface area (Å²) in [5.74, 6) is -1.06. The Morgan fingerprint density at radius 2 is 1.92 bits per heavy atom. The standard InChI is InChI=1S/C19H14FN5O/c1-25(16-10-22-12-23-11-16)15-5-6-17(20)18(8-15)24-19(26)14-4-2-3-13(7-14)9-21/h2-8,10-12H,1H3,(H,24,26). The summed E-state index contributed by atoms with van der Waals surface area (Å²) in [5, 5.41) is 11.5. The molecule has 1 heterocycles. The summed E-state index contributed by atoms with van der Waals surface area (Å²) in [4.78, 5) is 22.0. The molecule has 0 aliphatic rings. The smallest absolute Gasteiger partial charge is 0.255 e. The molecule has 26 heavy (non-hydrogen) atoms. The topological polar surface area (TPSA) is 81.9 Å². The molecule has 1 N–H and O–H groups in total. The Labute approximate surface area is 149 Å². The molecule has 2 aromatic carbocycles. The molecule has 3 rings (SSSR count). The van der Waals surface area contributed by atoms with Crippen LogP contribution in [0.2, 0.25) is 0 Å². The maximum absolute atomic E-state index is 14.1. The fraction of sp³-hybridized carbons (Fsp3) is 0.0526. The second-order valence-electron chi connectivity index (χ2n) is 5.47. The van der Waals surface area contributed by atoms with Gasteiger partial charge in [-0.15, -0.1) is 0 Å². The van der Waals surface area contributed by atoms with Crippen LogP contribution in [0.25, 0.3) is 0 Å². The fourth-order valence-electron chi connectivity index (χ4n) is 2.36. The lowest BCUT2D eigenvalue weighted by Gasteiger charge is -2.19. The van der Waals surface area contributed by atoms with Crippen LogP contribution in [0.3, 0.4) is 0 Å². The summed E-state index contributed by atoms with van der Waals surface area (Å²) in [6, 6.07) is 12.6. The molecule has 0 unspecified atom stereocenters. The number of carbonyl (C=O) groups is 1. The highest BCUT2D eigenvalue weighted by Gasteiger charge is 2.13. The summed E-state index contributed by atoms with van der Waals surface area (Å²) in [7, 11) is 1.79. The Kier molecular flexibility index (Phi) is 4.85. The number of carbonyl (C=O) groups excluding carboxylic acids is 1. The van der Waals surface area contributed by atoms with Crippen LogP contribution in [0.15, 0.2) is 61.2 Å². The van der Waals surface area contributed by atoms with Gasteiger partial charge in [0.05, 0.1) is 35.4 Å². The van der Waals surface area contributed by atoms with E-state index in [1.165, 1.54) is 24.5 Å². The Bertz CT molecular complexity index is 985. The molecule has 0 fully saturated rings. The van der Waals surface area contributed by atoms with Crippen LogP contribution in [-0.4, -0.2) is 22.9 Å². The first-order valence-corrected chi connectivity index (χ1v) is 7.68. The number of aromatic nitrogens is 2. The van der Waals surface area contributed by atoms with E-state index in [1.807, 2.05) is 6.07 Å². The third-order valence-corrected chi connectivity index (χ3v) is 3.77. The molecular weight excluding hydrogens is 333 g/mol. The predicted octanol–water partition coefficient (Wildman–Crippen LogP) is 3.51. The number of hydrogen-bond donors (Lipinski definition) is 1. The lowest BCUT2D eigenvalue weighted by atomic mass is 10.1. The quantitative estimate of drug-likeness (QED) is 0.781. The van der Waals surface area contributed by atoms with Crippen molar-refractivity contribution < 1.29 is 9.18 Å². The molecule has 0 aliphatic carbocycles. The monoisotopic (exact) mass is 347 g/mol. The van der Waals surface area contributed by atoms with Crippen molar-refractivity contribution in [3.63, 3.8) is 0 Å². The normalized spacial score (nSPS) is 10.0. The number of nitrogens with one attached hydrogen (secondary N) is 1. The summed E-state index contributed by atoms with van der Waals surface area (Å²) in [6.45, 7) is 0. The first-order chi connectivity index (χ1) is 12.6. The maximum Gasteiger partial charge on any atom is 0.255 e. The Hall–Kier alpha value is -3.79. The first kappa shape index (κ1) is 17.0. The number of halogens is 1. The SMILES string of the molecule is CN(c1cncnc1)c1ccc(F)c(NC(=O)c2cccc(C#N)c2)c1. The van der Waals surface area contributed by atoms with E-state index in [1.54, 1.807) is 48.6 Å². The van der Waals surface area contributed by atoms with Gasteiger partial charge in [-0.1, -0.05) is 6.07 Å². The minimum absolute atomic E-state index is 0.0403. The highest BCUT2D eigenvalue weighted by molar-refractivity contribution is 6.04. The Morgan fingerprint density at radius 1 is 1.15 bits per heavy atom. The van der Waals surface area contributed by atoms with E-state index in [4.69, 9.17) is 5.26 Å². The minimum Gasteiger partial charge on any atom is -0.342 e. The van der Waals surface area contributed by atoms with E-state index in [0.717, 1.165) is 5.69 Å². The van der Waals surface area contributed by atoms with E-state index in [-0.39, 0.29) is 11.3 Å². The van der Waals surface area contributed by atoms with Gasteiger partial charge in [-0.05, 0) is 36.4 Å². The summed E-state index contributed by atoms with van der Waals surface area (Å²) >= 11 is 0. The van der Waals surface area contributed by atoms with Crippen molar-refractivity contribution in [2.75, 3.05) is 17.3 Å². The van der Waals surface area contributed by atoms with Crippen LogP contribution in [0, 0.1) is 17.1 Å². The van der Waals surface area contributed by atoms with Gasteiger partial charge < -0.3 is 10.2 Å². The van der Waals surface area contributed by atoms with Gasteiger partial charge in [-0.3, -0.25) is 4.79 Å². The average molecular weight is 347 g/mol. The number of hydrogen-bond acceptors (Lipinski definition) is 5. The largest absolute Gasteiger partial charge is 0.342 e. The summed E-state index contributed by atoms with van der Waals surface area (Å²) in [6.07, 6.45) is 4.67. The van der Waals surface area contributed by atoms with Gasteiger partial charge in [0.2, 0.25) is 0 Å². The third kappa shape index (κ3) is 3.65. The molecule has 0 atom stereocenters. The van der Waals surface area contributed by atoms with Crippen molar-refractivity contribution in [2.24, 2.45) is 0 Å². The Balaban J connectivity index is 1.86. The van der Waals surface area contributed by atoms with E-state index >= 15 is 0 Å². The molecule has 0 saturated heterocycles. The minimum atomic E-state index is -0.559.